The number of thiophene rings is 1. The Kier molecular flexibility index (Phi) is 8.31. The topological polar surface area (TPSA) is 29.1 Å². The van der Waals surface area contributed by atoms with E-state index >= 15 is 0 Å². The number of unbranched alkanes of at least 4 members (excludes halogenated alkanes) is 3. The van der Waals surface area contributed by atoms with Gasteiger partial charge in [0.25, 0.3) is 5.91 Å². The number of alkyl halides is 1. The fourth-order valence-electron chi connectivity index (χ4n) is 1.32. The third-order valence-electron chi connectivity index (χ3n) is 2.21. The third-order valence-corrected chi connectivity index (χ3v) is 6.23. The Morgan fingerprint density at radius 3 is 2.59 bits per heavy atom. The highest BCUT2D eigenvalue weighted by Gasteiger charge is 2.10. The Labute approximate surface area is 136 Å². The van der Waals surface area contributed by atoms with Crippen molar-refractivity contribution in [3.05, 3.63) is 19.2 Å². The van der Waals surface area contributed by atoms with Gasteiger partial charge in [0.05, 0.1) is 8.66 Å². The molecule has 0 saturated heterocycles. The van der Waals surface area contributed by atoms with Crippen LogP contribution >= 0.6 is 65.8 Å². The molecule has 0 spiro atoms. The second-order valence-corrected chi connectivity index (χ2v) is 7.89. The molecule has 1 amide bonds. The summed E-state index contributed by atoms with van der Waals surface area (Å²) in [7, 11) is 0. The van der Waals surface area contributed by atoms with Gasteiger partial charge < -0.3 is 5.32 Å². The summed E-state index contributed by atoms with van der Waals surface area (Å²) in [6, 6.07) is 1.85. The Bertz CT molecular complexity index is 351. The SMILES string of the molecule is O=C(NCCCCCCI)c1cc(Br)c(Br)s1. The van der Waals surface area contributed by atoms with Crippen LogP contribution in [0, 0.1) is 0 Å². The minimum absolute atomic E-state index is 0.0234. The molecule has 1 aromatic rings. The highest BCUT2D eigenvalue weighted by molar-refractivity contribution is 14.1. The van der Waals surface area contributed by atoms with Gasteiger partial charge in [-0.15, -0.1) is 11.3 Å². The maximum absolute atomic E-state index is 11.8. The number of amides is 1. The number of carbonyl (C=O) groups excluding carboxylic acids is 1. The van der Waals surface area contributed by atoms with Crippen LogP contribution in [0.25, 0.3) is 0 Å². The van der Waals surface area contributed by atoms with Gasteiger partial charge in [0, 0.05) is 11.0 Å². The number of carbonyl (C=O) groups is 1. The van der Waals surface area contributed by atoms with Crippen molar-refractivity contribution in [2.75, 3.05) is 11.0 Å². The monoisotopic (exact) mass is 493 g/mol. The van der Waals surface area contributed by atoms with Crippen LogP contribution in [-0.2, 0) is 0 Å². The van der Waals surface area contributed by atoms with Gasteiger partial charge in [0.2, 0.25) is 0 Å². The molecular formula is C11H14Br2INOS. The molecule has 2 nitrogen and oxygen atoms in total. The van der Waals surface area contributed by atoms with Crippen molar-refractivity contribution in [3.63, 3.8) is 0 Å². The molecule has 1 heterocycles. The highest BCUT2D eigenvalue weighted by atomic mass is 127. The van der Waals surface area contributed by atoms with E-state index in [-0.39, 0.29) is 5.91 Å². The molecule has 17 heavy (non-hydrogen) atoms. The van der Waals surface area contributed by atoms with Crippen LogP contribution in [0.4, 0.5) is 0 Å². The first-order valence-electron chi connectivity index (χ1n) is 5.44. The number of nitrogens with one attached hydrogen (secondary N) is 1. The first-order valence-corrected chi connectivity index (χ1v) is 9.37. The summed E-state index contributed by atoms with van der Waals surface area (Å²) in [4.78, 5) is 12.5. The molecule has 0 unspecified atom stereocenters. The lowest BCUT2D eigenvalue weighted by atomic mass is 10.2. The smallest absolute Gasteiger partial charge is 0.261 e. The first-order chi connectivity index (χ1) is 8.15. The minimum Gasteiger partial charge on any atom is -0.351 e. The zero-order valence-corrected chi connectivity index (χ0v) is 15.4. The van der Waals surface area contributed by atoms with Gasteiger partial charge in [0.15, 0.2) is 0 Å². The van der Waals surface area contributed by atoms with Gasteiger partial charge >= 0.3 is 0 Å². The van der Waals surface area contributed by atoms with Crippen molar-refractivity contribution in [1.82, 2.24) is 5.32 Å². The molecule has 0 saturated carbocycles. The fourth-order valence-corrected chi connectivity index (χ4v) is 3.81. The zero-order chi connectivity index (χ0) is 12.7. The van der Waals surface area contributed by atoms with E-state index in [1.807, 2.05) is 6.07 Å². The molecule has 0 fully saturated rings. The first kappa shape index (κ1) is 15.9. The number of hydrogen-bond donors (Lipinski definition) is 1. The second-order valence-electron chi connectivity index (χ2n) is 3.59. The summed E-state index contributed by atoms with van der Waals surface area (Å²) < 4.78 is 3.13. The molecule has 1 aromatic heterocycles. The van der Waals surface area contributed by atoms with Crippen molar-refractivity contribution in [1.29, 1.82) is 0 Å². The van der Waals surface area contributed by atoms with Gasteiger partial charge in [-0.3, -0.25) is 4.79 Å². The van der Waals surface area contributed by atoms with E-state index in [0.717, 1.165) is 26.1 Å². The predicted molar refractivity (Wildman–Crippen MR) is 89.4 cm³/mol. The van der Waals surface area contributed by atoms with Crippen molar-refractivity contribution in [2.45, 2.75) is 25.7 Å². The zero-order valence-electron chi connectivity index (χ0n) is 9.27. The van der Waals surface area contributed by atoms with Crippen LogP contribution < -0.4 is 5.32 Å². The van der Waals surface area contributed by atoms with Crippen molar-refractivity contribution >= 4 is 71.7 Å². The summed E-state index contributed by atoms with van der Waals surface area (Å²) >= 11 is 10.6. The lowest BCUT2D eigenvalue weighted by Gasteiger charge is -2.02. The van der Waals surface area contributed by atoms with Gasteiger partial charge in [-0.1, -0.05) is 35.4 Å². The molecule has 0 aliphatic heterocycles. The van der Waals surface area contributed by atoms with Crippen molar-refractivity contribution in [3.8, 4) is 0 Å². The standard InChI is InChI=1S/C11H14Br2INOS/c12-8-7-9(17-10(8)13)11(16)15-6-4-2-1-3-5-14/h7H,1-6H2,(H,15,16). The summed E-state index contributed by atoms with van der Waals surface area (Å²) in [6.07, 6.45) is 4.80. The molecule has 1 rings (SSSR count). The van der Waals surface area contributed by atoms with E-state index in [4.69, 9.17) is 0 Å². The quantitative estimate of drug-likeness (QED) is 0.323. The molecular weight excluding hydrogens is 481 g/mol. The Morgan fingerprint density at radius 2 is 2.00 bits per heavy atom. The second kappa shape index (κ2) is 8.87. The predicted octanol–water partition coefficient (Wildman–Crippen LogP) is 5.00. The molecule has 0 aromatic carbocycles. The van der Waals surface area contributed by atoms with Crippen molar-refractivity contribution < 1.29 is 4.79 Å². The van der Waals surface area contributed by atoms with Crippen LogP contribution in [0.3, 0.4) is 0 Å². The largest absolute Gasteiger partial charge is 0.351 e. The average molecular weight is 495 g/mol. The molecule has 0 aliphatic carbocycles. The van der Waals surface area contributed by atoms with Gasteiger partial charge in [-0.05, 0) is 55.2 Å². The molecule has 0 radical (unpaired) electrons. The van der Waals surface area contributed by atoms with Crippen LogP contribution in [-0.4, -0.2) is 16.9 Å². The fraction of sp³-hybridized carbons (Fsp3) is 0.545. The van der Waals surface area contributed by atoms with E-state index in [0.29, 0.717) is 0 Å². The Morgan fingerprint density at radius 1 is 1.29 bits per heavy atom. The van der Waals surface area contributed by atoms with Crippen LogP contribution in [0.5, 0.6) is 0 Å². The van der Waals surface area contributed by atoms with E-state index in [1.54, 1.807) is 0 Å². The number of halogens is 3. The highest BCUT2D eigenvalue weighted by Crippen LogP contribution is 2.32. The summed E-state index contributed by atoms with van der Waals surface area (Å²) in [5.41, 5.74) is 0. The molecule has 0 aliphatic rings. The minimum atomic E-state index is 0.0234. The van der Waals surface area contributed by atoms with Crippen LogP contribution in [0.15, 0.2) is 14.3 Å². The molecule has 1 N–H and O–H groups in total. The normalized spacial score (nSPS) is 10.5. The van der Waals surface area contributed by atoms with E-state index < -0.39 is 0 Å². The van der Waals surface area contributed by atoms with Crippen molar-refractivity contribution in [2.24, 2.45) is 0 Å². The maximum atomic E-state index is 11.8. The van der Waals surface area contributed by atoms with E-state index in [2.05, 4.69) is 59.8 Å². The number of hydrogen-bond acceptors (Lipinski definition) is 2. The third kappa shape index (κ3) is 6.02. The van der Waals surface area contributed by atoms with E-state index in [1.165, 1.54) is 35.0 Å². The molecule has 0 atom stereocenters. The molecule has 0 bridgehead atoms. The van der Waals surface area contributed by atoms with Gasteiger partial charge in [0.1, 0.15) is 0 Å². The van der Waals surface area contributed by atoms with Gasteiger partial charge in [-0.2, -0.15) is 0 Å². The summed E-state index contributed by atoms with van der Waals surface area (Å²) in [5.74, 6) is 0.0234. The van der Waals surface area contributed by atoms with E-state index in [9.17, 15) is 4.79 Å². The van der Waals surface area contributed by atoms with Crippen LogP contribution in [0.1, 0.15) is 35.4 Å². The summed E-state index contributed by atoms with van der Waals surface area (Å²) in [5, 5.41) is 2.94. The Balaban J connectivity index is 2.21. The van der Waals surface area contributed by atoms with Gasteiger partial charge in [-0.25, -0.2) is 0 Å². The Hall–Kier alpha value is 0.860. The molecule has 6 heteroatoms. The van der Waals surface area contributed by atoms with Crippen LogP contribution in [0.2, 0.25) is 0 Å². The lowest BCUT2D eigenvalue weighted by Crippen LogP contribution is -2.23. The number of rotatable bonds is 7. The lowest BCUT2D eigenvalue weighted by molar-refractivity contribution is 0.0957. The maximum Gasteiger partial charge on any atom is 0.261 e. The average Bonchev–Trinajstić information content (AvgIpc) is 2.64. The summed E-state index contributed by atoms with van der Waals surface area (Å²) in [6.45, 7) is 0.771. The molecule has 96 valence electrons.